The molecule has 33 heavy (non-hydrogen) atoms. The molecule has 11 nitrogen and oxygen atoms in total. The number of nitro benzene ring substituents is 1. The summed E-state index contributed by atoms with van der Waals surface area (Å²) in [6.45, 7) is 1.33. The van der Waals surface area contributed by atoms with Gasteiger partial charge in [0.1, 0.15) is 0 Å². The highest BCUT2D eigenvalue weighted by Crippen LogP contribution is 2.35. The predicted molar refractivity (Wildman–Crippen MR) is 118 cm³/mol. The molecule has 170 valence electrons. The van der Waals surface area contributed by atoms with Crippen LogP contribution in [0.5, 0.6) is 11.5 Å². The van der Waals surface area contributed by atoms with E-state index in [0.29, 0.717) is 36.1 Å². The highest BCUT2D eigenvalue weighted by molar-refractivity contribution is 7.89. The van der Waals surface area contributed by atoms with Gasteiger partial charge in [-0.25, -0.2) is 8.42 Å². The number of nitro groups is 1. The fraction of sp³-hybridized carbons (Fsp3) is 0.238. The van der Waals surface area contributed by atoms with Crippen molar-refractivity contribution in [2.45, 2.75) is 4.90 Å². The number of ether oxygens (including phenoxy) is 2. The van der Waals surface area contributed by atoms with Gasteiger partial charge in [-0.2, -0.15) is 4.31 Å². The Hall–Kier alpha value is -3.77. The fourth-order valence-corrected chi connectivity index (χ4v) is 5.41. The lowest BCUT2D eigenvalue weighted by molar-refractivity contribution is -0.387. The van der Waals surface area contributed by atoms with Crippen LogP contribution in [-0.2, 0) is 10.0 Å². The van der Waals surface area contributed by atoms with Crippen LogP contribution < -0.4 is 14.4 Å². The smallest absolute Gasteiger partial charge is 0.289 e. The number of aromatic nitrogens is 2. The third-order valence-electron chi connectivity index (χ3n) is 5.56. The summed E-state index contributed by atoms with van der Waals surface area (Å²) in [7, 11) is -3.98. The molecule has 0 unspecified atom stereocenters. The van der Waals surface area contributed by atoms with Gasteiger partial charge in [0.2, 0.25) is 16.8 Å². The Labute approximate surface area is 189 Å². The summed E-state index contributed by atoms with van der Waals surface area (Å²) in [6.07, 6.45) is 0. The molecule has 0 amide bonds. The number of rotatable bonds is 5. The molecular formula is C21H19N5O6S. The maximum atomic E-state index is 13.0. The molecule has 12 heteroatoms. The molecule has 3 heterocycles. The van der Waals surface area contributed by atoms with Crippen molar-refractivity contribution in [1.82, 2.24) is 14.5 Å². The number of benzene rings is 2. The van der Waals surface area contributed by atoms with E-state index < -0.39 is 20.6 Å². The van der Waals surface area contributed by atoms with Crippen molar-refractivity contribution in [3.8, 4) is 22.8 Å². The molecule has 0 saturated carbocycles. The van der Waals surface area contributed by atoms with Gasteiger partial charge in [0.05, 0.1) is 10.6 Å². The van der Waals surface area contributed by atoms with Crippen LogP contribution >= 0.6 is 0 Å². The molecule has 0 atom stereocenters. The summed E-state index contributed by atoms with van der Waals surface area (Å²) in [4.78, 5) is 12.2. The molecule has 3 aromatic rings. The van der Waals surface area contributed by atoms with Crippen LogP contribution in [0.1, 0.15) is 0 Å². The lowest BCUT2D eigenvalue weighted by Crippen LogP contribution is -2.49. The first-order valence-corrected chi connectivity index (χ1v) is 11.6. The van der Waals surface area contributed by atoms with E-state index in [1.807, 2.05) is 35.2 Å². The van der Waals surface area contributed by atoms with E-state index in [9.17, 15) is 18.5 Å². The normalized spacial score (nSPS) is 16.1. The van der Waals surface area contributed by atoms with Gasteiger partial charge in [0.25, 0.3) is 5.69 Å². The zero-order valence-corrected chi connectivity index (χ0v) is 18.1. The maximum Gasteiger partial charge on any atom is 0.289 e. The monoisotopic (exact) mass is 469 g/mol. The number of anilines is 1. The third kappa shape index (κ3) is 3.94. The Morgan fingerprint density at radius 1 is 0.909 bits per heavy atom. The van der Waals surface area contributed by atoms with Crippen LogP contribution in [0.15, 0.2) is 59.5 Å². The molecule has 2 aromatic carbocycles. The fourth-order valence-electron chi connectivity index (χ4n) is 3.83. The van der Waals surface area contributed by atoms with Crippen molar-refractivity contribution in [1.29, 1.82) is 0 Å². The van der Waals surface area contributed by atoms with E-state index in [-0.39, 0.29) is 24.8 Å². The van der Waals surface area contributed by atoms with E-state index >= 15 is 0 Å². The van der Waals surface area contributed by atoms with Crippen LogP contribution in [-0.4, -0.2) is 60.8 Å². The van der Waals surface area contributed by atoms with Crippen molar-refractivity contribution in [3.63, 3.8) is 0 Å². The summed E-state index contributed by atoms with van der Waals surface area (Å²) >= 11 is 0. The van der Waals surface area contributed by atoms with Gasteiger partial charge in [-0.15, -0.1) is 10.2 Å². The minimum absolute atomic E-state index is 0.181. The number of nitrogens with zero attached hydrogens (tertiary/aromatic N) is 5. The number of fused-ring (bicyclic) bond motifs is 1. The van der Waals surface area contributed by atoms with Crippen molar-refractivity contribution < 1.29 is 22.8 Å². The predicted octanol–water partition coefficient (Wildman–Crippen LogP) is 2.29. The second-order valence-corrected chi connectivity index (χ2v) is 9.37. The Bertz CT molecular complexity index is 1310. The van der Waals surface area contributed by atoms with Crippen LogP contribution in [0, 0.1) is 10.1 Å². The van der Waals surface area contributed by atoms with E-state index in [0.717, 1.165) is 5.56 Å². The summed E-state index contributed by atoms with van der Waals surface area (Å²) in [6, 6.07) is 14.6. The van der Waals surface area contributed by atoms with Crippen LogP contribution in [0.2, 0.25) is 0 Å². The Kier molecular flexibility index (Phi) is 5.30. The Morgan fingerprint density at radius 3 is 2.39 bits per heavy atom. The summed E-state index contributed by atoms with van der Waals surface area (Å²) in [5.74, 6) is 1.98. The van der Waals surface area contributed by atoms with Crippen molar-refractivity contribution in [2.75, 3.05) is 37.9 Å². The standard InChI is InChI=1S/C21H19N5O6S/c27-26(28)17-3-1-2-4-20(17)33(29,30)25-11-9-24(10-12-25)21-8-6-16(22-23-21)15-5-7-18-19(13-15)32-14-31-18/h1-8,13H,9-12,14H2. The van der Waals surface area contributed by atoms with Crippen molar-refractivity contribution in [3.05, 3.63) is 64.7 Å². The van der Waals surface area contributed by atoms with E-state index in [1.54, 1.807) is 0 Å². The topological polar surface area (TPSA) is 128 Å². The number of para-hydroxylation sites is 1. The average Bonchev–Trinajstić information content (AvgIpc) is 3.32. The molecule has 0 bridgehead atoms. The highest BCUT2D eigenvalue weighted by atomic mass is 32.2. The summed E-state index contributed by atoms with van der Waals surface area (Å²) in [5, 5.41) is 19.9. The van der Waals surface area contributed by atoms with E-state index in [1.165, 1.54) is 28.6 Å². The second kappa shape index (κ2) is 8.30. The molecule has 1 fully saturated rings. The highest BCUT2D eigenvalue weighted by Gasteiger charge is 2.33. The molecule has 1 aromatic heterocycles. The molecule has 0 spiro atoms. The van der Waals surface area contributed by atoms with Gasteiger partial charge in [-0.3, -0.25) is 10.1 Å². The number of piperazine rings is 1. The third-order valence-corrected chi connectivity index (χ3v) is 7.51. The SMILES string of the molecule is O=[N+]([O-])c1ccccc1S(=O)(=O)N1CCN(c2ccc(-c3ccc4c(c3)OCO4)nn2)CC1. The van der Waals surface area contributed by atoms with E-state index in [2.05, 4.69) is 10.2 Å². The molecule has 0 N–H and O–H groups in total. The molecule has 0 radical (unpaired) electrons. The second-order valence-electron chi connectivity index (χ2n) is 7.46. The van der Waals surface area contributed by atoms with Gasteiger partial charge in [-0.05, 0) is 36.4 Å². The van der Waals surface area contributed by atoms with Gasteiger partial charge in [0, 0.05) is 37.8 Å². The molecule has 2 aliphatic heterocycles. The number of sulfonamides is 1. The molecule has 5 rings (SSSR count). The van der Waals surface area contributed by atoms with Gasteiger partial charge in [-0.1, -0.05) is 12.1 Å². The van der Waals surface area contributed by atoms with Gasteiger partial charge < -0.3 is 14.4 Å². The molecule has 1 saturated heterocycles. The van der Waals surface area contributed by atoms with Crippen LogP contribution in [0.4, 0.5) is 11.5 Å². The minimum atomic E-state index is -3.98. The molecule has 0 aliphatic carbocycles. The van der Waals surface area contributed by atoms with Gasteiger partial charge >= 0.3 is 0 Å². The molecule has 2 aliphatic rings. The maximum absolute atomic E-state index is 13.0. The molecular weight excluding hydrogens is 450 g/mol. The van der Waals surface area contributed by atoms with Crippen LogP contribution in [0.25, 0.3) is 11.3 Å². The summed E-state index contributed by atoms with van der Waals surface area (Å²) in [5.41, 5.74) is 1.10. The zero-order valence-electron chi connectivity index (χ0n) is 17.3. The largest absolute Gasteiger partial charge is 0.454 e. The summed E-state index contributed by atoms with van der Waals surface area (Å²) < 4.78 is 38.0. The van der Waals surface area contributed by atoms with E-state index in [4.69, 9.17) is 9.47 Å². The lowest BCUT2D eigenvalue weighted by Gasteiger charge is -2.34. The Balaban J connectivity index is 1.28. The first-order chi connectivity index (χ1) is 15.9. The quantitative estimate of drug-likeness (QED) is 0.408. The lowest BCUT2D eigenvalue weighted by atomic mass is 10.1. The Morgan fingerprint density at radius 2 is 1.67 bits per heavy atom. The van der Waals surface area contributed by atoms with Crippen molar-refractivity contribution >= 4 is 21.5 Å². The average molecular weight is 469 g/mol. The van der Waals surface area contributed by atoms with Gasteiger partial charge in [0.15, 0.2) is 22.2 Å². The first-order valence-electron chi connectivity index (χ1n) is 10.2. The zero-order chi connectivity index (χ0) is 23.0. The number of hydrogen-bond acceptors (Lipinski definition) is 9. The minimum Gasteiger partial charge on any atom is -0.454 e. The van der Waals surface area contributed by atoms with Crippen LogP contribution in [0.3, 0.4) is 0 Å². The number of hydrogen-bond donors (Lipinski definition) is 0. The first kappa shape index (κ1) is 21.1. The van der Waals surface area contributed by atoms with Crippen molar-refractivity contribution in [2.24, 2.45) is 0 Å².